The van der Waals surface area contributed by atoms with Gasteiger partial charge in [-0.25, -0.2) is 0 Å². The van der Waals surface area contributed by atoms with Crippen LogP contribution in [0.3, 0.4) is 0 Å². The Balaban J connectivity index is 3.60. The fraction of sp³-hybridized carbons (Fsp3) is 1.00. The molecule has 0 bridgehead atoms. The van der Waals surface area contributed by atoms with Gasteiger partial charge in [0.1, 0.15) is 0 Å². The van der Waals surface area contributed by atoms with Crippen LogP contribution in [0, 0.1) is 11.8 Å². The van der Waals surface area contributed by atoms with Crippen LogP contribution in [0.15, 0.2) is 0 Å². The summed E-state index contributed by atoms with van der Waals surface area (Å²) in [7, 11) is 0. The maximum atomic E-state index is 2.40. The molecular formula is C16H35Al. The predicted molar refractivity (Wildman–Crippen MR) is 83.2 cm³/mol. The lowest BCUT2D eigenvalue weighted by Crippen LogP contribution is -2.17. The van der Waals surface area contributed by atoms with Crippen molar-refractivity contribution in [3.8, 4) is 0 Å². The normalized spacial score (nSPS) is 11.5. The average Bonchev–Trinajstić information content (AvgIpc) is 2.21. The molecule has 0 aromatic carbocycles. The summed E-state index contributed by atoms with van der Waals surface area (Å²) in [4.78, 5) is 0. The van der Waals surface area contributed by atoms with Crippen molar-refractivity contribution in [3.05, 3.63) is 0 Å². The van der Waals surface area contributed by atoms with Crippen LogP contribution >= 0.6 is 0 Å². The lowest BCUT2D eigenvalue weighted by Gasteiger charge is -2.16. The zero-order chi connectivity index (χ0) is 13.1. The minimum Gasteiger partial charge on any atom is -0.0938 e. The molecular weight excluding hydrogens is 219 g/mol. The van der Waals surface area contributed by atoms with Gasteiger partial charge in [-0.3, -0.25) is 0 Å². The summed E-state index contributed by atoms with van der Waals surface area (Å²) in [5.74, 6) is 1.87. The van der Waals surface area contributed by atoms with Crippen molar-refractivity contribution in [2.75, 3.05) is 0 Å². The molecule has 0 aromatic heterocycles. The predicted octanol–water partition coefficient (Wildman–Crippen LogP) is 6.15. The second kappa shape index (κ2) is 11.6. The van der Waals surface area contributed by atoms with Gasteiger partial charge in [-0.15, -0.1) is 0 Å². The molecule has 1 heteroatoms. The van der Waals surface area contributed by atoms with Crippen LogP contribution in [-0.2, 0) is 0 Å². The molecule has 0 fully saturated rings. The van der Waals surface area contributed by atoms with Crippen molar-refractivity contribution in [1.82, 2.24) is 0 Å². The van der Waals surface area contributed by atoms with E-state index in [1.807, 2.05) is 0 Å². The van der Waals surface area contributed by atoms with E-state index in [9.17, 15) is 0 Å². The first-order valence-corrected chi connectivity index (χ1v) is 10.5. The first kappa shape index (κ1) is 17.5. The molecule has 0 spiro atoms. The Labute approximate surface area is 115 Å². The van der Waals surface area contributed by atoms with Crippen LogP contribution in [0.4, 0.5) is 0 Å². The van der Waals surface area contributed by atoms with Crippen LogP contribution < -0.4 is 0 Å². The molecule has 0 saturated carbocycles. The van der Waals surface area contributed by atoms with Gasteiger partial charge in [0.15, 0.2) is 0 Å². The van der Waals surface area contributed by atoms with Gasteiger partial charge in [0, 0.05) is 0 Å². The van der Waals surface area contributed by atoms with Crippen LogP contribution in [0.5, 0.6) is 0 Å². The van der Waals surface area contributed by atoms with Gasteiger partial charge in [-0.05, 0) is 0 Å². The van der Waals surface area contributed by atoms with E-state index < -0.39 is 14.1 Å². The smallest absolute Gasteiger partial charge is 0.0938 e. The van der Waals surface area contributed by atoms with Gasteiger partial charge < -0.3 is 0 Å². The van der Waals surface area contributed by atoms with Crippen LogP contribution in [0.1, 0.15) is 73.1 Å². The topological polar surface area (TPSA) is 0 Å². The SMILES string of the molecule is CCCCCCC[CH2][Al]([CH2]C(C)C)[CH2]C(C)C. The van der Waals surface area contributed by atoms with E-state index in [-0.39, 0.29) is 0 Å². The Morgan fingerprint density at radius 3 is 1.65 bits per heavy atom. The third-order valence-corrected chi connectivity index (χ3v) is 8.02. The Morgan fingerprint density at radius 2 is 1.18 bits per heavy atom. The third-order valence-electron chi connectivity index (χ3n) is 3.58. The van der Waals surface area contributed by atoms with E-state index in [2.05, 4.69) is 34.6 Å². The van der Waals surface area contributed by atoms with E-state index in [1.54, 1.807) is 15.8 Å². The molecule has 0 radical (unpaired) electrons. The molecule has 0 N–H and O–H groups in total. The van der Waals surface area contributed by atoms with E-state index in [0.29, 0.717) is 0 Å². The third kappa shape index (κ3) is 12.8. The Kier molecular flexibility index (Phi) is 12.0. The summed E-state index contributed by atoms with van der Waals surface area (Å²) < 4.78 is 0. The Morgan fingerprint density at radius 1 is 0.706 bits per heavy atom. The standard InChI is InChI=1S/C8H17.2C4H9.Al/c1-3-5-7-8-6-4-2;2*1-4(2)3;/h1,3-8H2,2H3;2*4H,1H2,2-3H3;. The minimum absolute atomic E-state index is 0.408. The first-order chi connectivity index (χ1) is 8.06. The fourth-order valence-corrected chi connectivity index (χ4v) is 7.08. The van der Waals surface area contributed by atoms with Gasteiger partial charge in [-0.1, -0.05) is 101 Å². The zero-order valence-electron chi connectivity index (χ0n) is 13.1. The monoisotopic (exact) mass is 254 g/mol. The molecule has 0 nitrogen and oxygen atoms in total. The summed E-state index contributed by atoms with van der Waals surface area (Å²) in [5, 5.41) is 4.77. The molecule has 0 aromatic rings. The molecule has 0 atom stereocenters. The van der Waals surface area contributed by atoms with E-state index in [0.717, 1.165) is 11.8 Å². The van der Waals surface area contributed by atoms with Crippen LogP contribution in [0.2, 0.25) is 15.8 Å². The number of rotatable bonds is 11. The quantitative estimate of drug-likeness (QED) is 0.306. The maximum Gasteiger partial charge on any atom is 0.262 e. The molecule has 17 heavy (non-hydrogen) atoms. The molecule has 0 amide bonds. The van der Waals surface area contributed by atoms with Crippen molar-refractivity contribution < 1.29 is 0 Å². The zero-order valence-corrected chi connectivity index (χ0v) is 14.3. The molecule has 102 valence electrons. The van der Waals surface area contributed by atoms with Crippen LogP contribution in [-0.4, -0.2) is 14.1 Å². The van der Waals surface area contributed by atoms with Gasteiger partial charge in [-0.2, -0.15) is 0 Å². The molecule has 0 aliphatic heterocycles. The molecule has 0 unspecified atom stereocenters. The van der Waals surface area contributed by atoms with Crippen molar-refractivity contribution >= 4 is 14.1 Å². The first-order valence-electron chi connectivity index (χ1n) is 8.06. The van der Waals surface area contributed by atoms with E-state index in [4.69, 9.17) is 0 Å². The fourth-order valence-electron chi connectivity index (χ4n) is 2.88. The Bertz CT molecular complexity index is 142. The summed E-state index contributed by atoms with van der Waals surface area (Å²) in [6.07, 6.45) is 8.80. The second-order valence-corrected chi connectivity index (χ2v) is 9.93. The molecule has 0 aliphatic rings. The second-order valence-electron chi connectivity index (χ2n) is 6.68. The van der Waals surface area contributed by atoms with E-state index in [1.165, 1.54) is 38.5 Å². The summed E-state index contributed by atoms with van der Waals surface area (Å²) >= 11 is -0.408. The highest BCUT2D eigenvalue weighted by Crippen LogP contribution is 2.20. The molecule has 0 heterocycles. The summed E-state index contributed by atoms with van der Waals surface area (Å²) in [5.41, 5.74) is 0. The maximum absolute atomic E-state index is 2.40. The molecule has 0 aliphatic carbocycles. The summed E-state index contributed by atoms with van der Waals surface area (Å²) in [6.45, 7) is 11.9. The van der Waals surface area contributed by atoms with Crippen molar-refractivity contribution in [1.29, 1.82) is 0 Å². The van der Waals surface area contributed by atoms with Gasteiger partial charge in [0.2, 0.25) is 0 Å². The highest BCUT2D eigenvalue weighted by molar-refractivity contribution is 6.58. The minimum atomic E-state index is -0.408. The number of unbranched alkanes of at least 4 members (excludes halogenated alkanes) is 5. The highest BCUT2D eigenvalue weighted by atomic mass is 27.2. The lowest BCUT2D eigenvalue weighted by atomic mass is 10.1. The van der Waals surface area contributed by atoms with Crippen molar-refractivity contribution in [3.63, 3.8) is 0 Å². The van der Waals surface area contributed by atoms with Crippen molar-refractivity contribution in [2.45, 2.75) is 89.0 Å². The highest BCUT2D eigenvalue weighted by Gasteiger charge is 2.18. The van der Waals surface area contributed by atoms with Crippen LogP contribution in [0.25, 0.3) is 0 Å². The van der Waals surface area contributed by atoms with Gasteiger partial charge in [0.25, 0.3) is 14.1 Å². The summed E-state index contributed by atoms with van der Waals surface area (Å²) in [6, 6.07) is 0. The average molecular weight is 254 g/mol. The lowest BCUT2D eigenvalue weighted by molar-refractivity contribution is 0.618. The number of hydrogen-bond acceptors (Lipinski definition) is 0. The van der Waals surface area contributed by atoms with Crippen molar-refractivity contribution in [2.24, 2.45) is 11.8 Å². The van der Waals surface area contributed by atoms with Gasteiger partial charge in [0.05, 0.1) is 0 Å². The Hall–Kier alpha value is 0.532. The molecule has 0 saturated heterocycles. The number of hydrogen-bond donors (Lipinski definition) is 0. The largest absolute Gasteiger partial charge is 0.262 e. The molecule has 0 rings (SSSR count). The van der Waals surface area contributed by atoms with Gasteiger partial charge >= 0.3 is 0 Å². The van der Waals surface area contributed by atoms with E-state index >= 15 is 0 Å².